The van der Waals surface area contributed by atoms with Crippen molar-refractivity contribution in [1.29, 1.82) is 0 Å². The molecule has 0 amide bonds. The molecule has 0 radical (unpaired) electrons. The van der Waals surface area contributed by atoms with Gasteiger partial charge in [0.1, 0.15) is 0 Å². The normalized spacial score (nSPS) is 11.6. The van der Waals surface area contributed by atoms with E-state index in [2.05, 4.69) is 39.5 Å². The Hall–Kier alpha value is -2.18. The molecule has 0 bridgehead atoms. The highest BCUT2D eigenvalue weighted by Crippen LogP contribution is 2.16. The van der Waals surface area contributed by atoms with Crippen molar-refractivity contribution in [2.24, 2.45) is 5.10 Å². The average molecular weight is 328 g/mol. The van der Waals surface area contributed by atoms with E-state index in [-0.39, 0.29) is 0 Å². The standard InChI is InChI=1S/C16H16N4S2/c1-2-20-13-10-6-7-11-14(13)22-16(20)19-18-15(21)17-12-8-4-3-5-9-12/h3-11H,2H2,1H3,(H2,17,18,21)/b19-16+. The van der Waals surface area contributed by atoms with Crippen molar-refractivity contribution >= 4 is 44.6 Å². The van der Waals surface area contributed by atoms with Crippen LogP contribution in [0.15, 0.2) is 59.7 Å². The molecule has 0 unspecified atom stereocenters. The number of thiazole rings is 1. The Kier molecular flexibility index (Phi) is 4.50. The van der Waals surface area contributed by atoms with E-state index in [9.17, 15) is 0 Å². The van der Waals surface area contributed by atoms with E-state index in [1.807, 2.05) is 42.5 Å². The monoisotopic (exact) mass is 328 g/mol. The SMILES string of the molecule is CCn1/c(=N\NC(=S)Nc2ccccc2)sc2ccccc21. The van der Waals surface area contributed by atoms with Gasteiger partial charge in [-0.2, -0.15) is 0 Å². The van der Waals surface area contributed by atoms with Crippen LogP contribution in [-0.4, -0.2) is 9.68 Å². The van der Waals surface area contributed by atoms with Gasteiger partial charge in [0.25, 0.3) is 0 Å². The summed E-state index contributed by atoms with van der Waals surface area (Å²) >= 11 is 6.92. The van der Waals surface area contributed by atoms with Crippen molar-refractivity contribution in [2.75, 3.05) is 5.32 Å². The van der Waals surface area contributed by atoms with Crippen LogP contribution in [0.5, 0.6) is 0 Å². The van der Waals surface area contributed by atoms with Gasteiger partial charge in [0.15, 0.2) is 5.11 Å². The number of benzene rings is 2. The number of fused-ring (bicyclic) bond motifs is 1. The third kappa shape index (κ3) is 3.18. The predicted molar refractivity (Wildman–Crippen MR) is 96.9 cm³/mol. The third-order valence-electron chi connectivity index (χ3n) is 3.19. The lowest BCUT2D eigenvalue weighted by atomic mass is 10.3. The lowest BCUT2D eigenvalue weighted by molar-refractivity contribution is 0.745. The smallest absolute Gasteiger partial charge is 0.209 e. The number of thiocarbonyl (C=S) groups is 1. The highest BCUT2D eigenvalue weighted by Gasteiger charge is 2.03. The van der Waals surface area contributed by atoms with E-state index in [1.54, 1.807) is 11.3 Å². The molecule has 0 saturated heterocycles. The number of hydrogen-bond donors (Lipinski definition) is 2. The zero-order valence-corrected chi connectivity index (χ0v) is 13.7. The predicted octanol–water partition coefficient (Wildman–Crippen LogP) is 3.53. The van der Waals surface area contributed by atoms with Crippen molar-refractivity contribution in [3.05, 3.63) is 59.4 Å². The molecule has 0 fully saturated rings. The molecule has 1 aromatic heterocycles. The molecule has 2 aromatic carbocycles. The van der Waals surface area contributed by atoms with Crippen molar-refractivity contribution in [2.45, 2.75) is 13.5 Å². The fourth-order valence-electron chi connectivity index (χ4n) is 2.19. The van der Waals surface area contributed by atoms with Gasteiger partial charge in [-0.3, -0.25) is 5.43 Å². The Morgan fingerprint density at radius 2 is 1.86 bits per heavy atom. The van der Waals surface area contributed by atoms with E-state index in [4.69, 9.17) is 12.2 Å². The van der Waals surface area contributed by atoms with E-state index >= 15 is 0 Å². The number of aryl methyl sites for hydroxylation is 1. The largest absolute Gasteiger partial charge is 0.331 e. The van der Waals surface area contributed by atoms with Crippen LogP contribution in [0.1, 0.15) is 6.92 Å². The number of para-hydroxylation sites is 2. The first kappa shape index (κ1) is 14.7. The lowest BCUT2D eigenvalue weighted by Crippen LogP contribution is -2.27. The zero-order valence-electron chi connectivity index (χ0n) is 12.1. The zero-order chi connectivity index (χ0) is 15.4. The van der Waals surface area contributed by atoms with Gasteiger partial charge in [0.2, 0.25) is 4.80 Å². The van der Waals surface area contributed by atoms with Crippen LogP contribution < -0.4 is 15.5 Å². The summed E-state index contributed by atoms with van der Waals surface area (Å²) in [5.74, 6) is 0. The van der Waals surface area contributed by atoms with E-state index < -0.39 is 0 Å². The molecule has 112 valence electrons. The summed E-state index contributed by atoms with van der Waals surface area (Å²) in [6, 6.07) is 18.1. The number of nitrogens with zero attached hydrogens (tertiary/aromatic N) is 2. The molecule has 0 aliphatic rings. The number of rotatable bonds is 3. The molecule has 6 heteroatoms. The van der Waals surface area contributed by atoms with Crippen molar-refractivity contribution in [3.63, 3.8) is 0 Å². The Morgan fingerprint density at radius 1 is 1.14 bits per heavy atom. The molecular weight excluding hydrogens is 312 g/mol. The Labute approximate surface area is 138 Å². The summed E-state index contributed by atoms with van der Waals surface area (Å²) in [6.07, 6.45) is 0. The molecule has 0 aliphatic heterocycles. The number of anilines is 1. The Morgan fingerprint density at radius 3 is 2.64 bits per heavy atom. The molecule has 1 heterocycles. The van der Waals surface area contributed by atoms with Crippen LogP contribution in [-0.2, 0) is 6.54 Å². The quantitative estimate of drug-likeness (QED) is 0.571. The summed E-state index contributed by atoms with van der Waals surface area (Å²) in [4.78, 5) is 0.904. The van der Waals surface area contributed by atoms with Gasteiger partial charge >= 0.3 is 0 Å². The van der Waals surface area contributed by atoms with Gasteiger partial charge < -0.3 is 9.88 Å². The minimum Gasteiger partial charge on any atom is -0.331 e. The van der Waals surface area contributed by atoms with Crippen LogP contribution in [0.4, 0.5) is 5.69 Å². The molecule has 0 saturated carbocycles. The number of nitrogens with one attached hydrogen (secondary N) is 2. The van der Waals surface area contributed by atoms with Crippen molar-refractivity contribution in [3.8, 4) is 0 Å². The maximum Gasteiger partial charge on any atom is 0.209 e. The van der Waals surface area contributed by atoms with Crippen LogP contribution in [0, 0.1) is 0 Å². The lowest BCUT2D eigenvalue weighted by Gasteiger charge is -2.06. The minimum atomic E-state index is 0.478. The fourth-order valence-corrected chi connectivity index (χ4v) is 3.41. The van der Waals surface area contributed by atoms with Crippen molar-refractivity contribution in [1.82, 2.24) is 9.99 Å². The molecule has 4 nitrogen and oxygen atoms in total. The van der Waals surface area contributed by atoms with E-state index in [0.717, 1.165) is 17.0 Å². The maximum absolute atomic E-state index is 5.27. The van der Waals surface area contributed by atoms with Gasteiger partial charge in [-0.1, -0.05) is 41.7 Å². The molecule has 22 heavy (non-hydrogen) atoms. The summed E-state index contributed by atoms with van der Waals surface area (Å²) in [5, 5.41) is 8.02. The van der Waals surface area contributed by atoms with Gasteiger partial charge in [0, 0.05) is 12.2 Å². The second-order valence-corrected chi connectivity index (χ2v) is 6.06. The summed E-state index contributed by atoms with van der Waals surface area (Å²) in [7, 11) is 0. The first-order valence-electron chi connectivity index (χ1n) is 7.02. The third-order valence-corrected chi connectivity index (χ3v) is 4.44. The Bertz CT molecular complexity index is 849. The average Bonchev–Trinajstić information content (AvgIpc) is 2.91. The summed E-state index contributed by atoms with van der Waals surface area (Å²) < 4.78 is 3.38. The highest BCUT2D eigenvalue weighted by atomic mass is 32.1. The highest BCUT2D eigenvalue weighted by molar-refractivity contribution is 7.80. The van der Waals surface area contributed by atoms with Gasteiger partial charge in [-0.05, 0) is 43.4 Å². The van der Waals surface area contributed by atoms with Crippen molar-refractivity contribution < 1.29 is 0 Å². The van der Waals surface area contributed by atoms with Crippen LogP contribution >= 0.6 is 23.6 Å². The first-order chi connectivity index (χ1) is 10.8. The van der Waals surface area contributed by atoms with E-state index in [1.165, 1.54) is 10.2 Å². The number of aromatic nitrogens is 1. The first-order valence-corrected chi connectivity index (χ1v) is 8.24. The Balaban J connectivity index is 1.82. The molecular formula is C16H16N4S2. The molecule has 0 spiro atoms. The summed E-state index contributed by atoms with van der Waals surface area (Å²) in [6.45, 7) is 2.97. The molecule has 3 aromatic rings. The van der Waals surface area contributed by atoms with Gasteiger partial charge in [-0.25, -0.2) is 0 Å². The number of hydrogen-bond acceptors (Lipinski definition) is 3. The molecule has 3 rings (SSSR count). The molecule has 0 atom stereocenters. The summed E-state index contributed by atoms with van der Waals surface area (Å²) in [5.41, 5.74) is 5.05. The molecule has 2 N–H and O–H groups in total. The van der Waals surface area contributed by atoms with E-state index in [0.29, 0.717) is 5.11 Å². The maximum atomic E-state index is 5.27. The second kappa shape index (κ2) is 6.72. The fraction of sp³-hybridized carbons (Fsp3) is 0.125. The topological polar surface area (TPSA) is 41.4 Å². The minimum absolute atomic E-state index is 0.478. The van der Waals surface area contributed by atoms with Crippen LogP contribution in [0.25, 0.3) is 10.2 Å². The van der Waals surface area contributed by atoms with Crippen LogP contribution in [0.2, 0.25) is 0 Å². The van der Waals surface area contributed by atoms with Gasteiger partial charge in [-0.15, -0.1) is 5.10 Å². The van der Waals surface area contributed by atoms with Gasteiger partial charge in [0.05, 0.1) is 10.2 Å². The second-order valence-electron chi connectivity index (χ2n) is 4.64. The van der Waals surface area contributed by atoms with Crippen LogP contribution in [0.3, 0.4) is 0 Å². The molecule has 0 aliphatic carbocycles.